The summed E-state index contributed by atoms with van der Waals surface area (Å²) in [5, 5.41) is 5.25. The van der Waals surface area contributed by atoms with E-state index in [9.17, 15) is 0 Å². The van der Waals surface area contributed by atoms with Crippen molar-refractivity contribution in [1.82, 2.24) is 4.89 Å². The smallest absolute Gasteiger partial charge is 0.0178 e. The topological polar surface area (TPSA) is 12.9 Å². The first-order valence-electron chi connectivity index (χ1n) is 6.66. The summed E-state index contributed by atoms with van der Waals surface area (Å²) in [6, 6.07) is 25.2. The Morgan fingerprint density at radius 3 is 1.35 bits per heavy atom. The summed E-state index contributed by atoms with van der Waals surface area (Å²) in [6.45, 7) is 0. The van der Waals surface area contributed by atoms with Gasteiger partial charge in [0.25, 0.3) is 0 Å². The minimum atomic E-state index is 1.31. The maximum atomic E-state index is 3.78. The van der Waals surface area contributed by atoms with Gasteiger partial charge < -0.3 is 0 Å². The summed E-state index contributed by atoms with van der Waals surface area (Å²) in [5.41, 5.74) is 0. The van der Waals surface area contributed by atoms with Gasteiger partial charge in [0.1, 0.15) is 0 Å². The molecular weight excluding hydrogens is 241 g/mol. The van der Waals surface area contributed by atoms with Crippen molar-refractivity contribution < 1.29 is 0 Å². The summed E-state index contributed by atoms with van der Waals surface area (Å²) in [4.78, 5) is 3.78. The molecule has 0 unspecified atom stereocenters. The monoisotopic (exact) mass is 255 g/mol. The fourth-order valence-electron chi connectivity index (χ4n) is 2.20. The Morgan fingerprint density at radius 2 is 1.10 bits per heavy atom. The van der Waals surface area contributed by atoms with Crippen LogP contribution in [-0.2, 0) is 0 Å². The van der Waals surface area contributed by atoms with Crippen LogP contribution in [-0.4, -0.2) is 11.9 Å². The molecule has 94 valence electrons. The van der Waals surface area contributed by atoms with Crippen molar-refractivity contribution in [3.63, 3.8) is 0 Å². The Balaban J connectivity index is 0.000000170. The molecule has 0 atom stereocenters. The van der Waals surface area contributed by atoms with E-state index >= 15 is 0 Å². The van der Waals surface area contributed by atoms with Gasteiger partial charge in [0.2, 0.25) is 0 Å². The fourth-order valence-corrected chi connectivity index (χ4v) is 2.20. The van der Waals surface area contributed by atoms with Crippen molar-refractivity contribution in [3.8, 4) is 0 Å². The van der Waals surface area contributed by atoms with Crippen LogP contribution in [0.1, 0.15) is 0 Å². The van der Waals surface area contributed by atoms with Gasteiger partial charge in [-0.3, -0.25) is 0 Å². The predicted molar refractivity (Wildman–Crippen MR) is 87.0 cm³/mol. The third-order valence-corrected chi connectivity index (χ3v) is 3.18. The average Bonchev–Trinajstić information content (AvgIpc) is 2.55. The number of aromatic nitrogens is 1. The molecule has 0 N–H and O–H groups in total. The van der Waals surface area contributed by atoms with Crippen LogP contribution in [0.5, 0.6) is 0 Å². The van der Waals surface area contributed by atoms with E-state index in [1.54, 1.807) is 13.2 Å². The Bertz CT molecular complexity index is 681. The van der Waals surface area contributed by atoms with Gasteiger partial charge in [-0.15, -0.1) is 0 Å². The number of benzene rings is 3. The molecule has 0 aliphatic heterocycles. The van der Waals surface area contributed by atoms with Crippen LogP contribution in [0.2, 0.25) is 0 Å². The van der Waals surface area contributed by atoms with Crippen molar-refractivity contribution in [2.24, 2.45) is 0 Å². The zero-order chi connectivity index (χ0) is 13.6. The molecule has 1 aromatic heterocycles. The second kappa shape index (κ2) is 6.11. The van der Waals surface area contributed by atoms with Crippen molar-refractivity contribution in [2.75, 3.05) is 0 Å². The molecule has 0 aliphatic carbocycles. The van der Waals surface area contributed by atoms with E-state index in [4.69, 9.17) is 0 Å². The van der Waals surface area contributed by atoms with Crippen LogP contribution in [0.15, 0.2) is 85.0 Å². The maximum Gasteiger partial charge on any atom is -0.0178 e. The molecular formula is C18H14BN. The molecule has 0 aliphatic rings. The standard InChI is InChI=1S/C14H10.C4H4BN/c1-2-6-12-10-14-8-4-3-7-13(14)9-11(12)5-1;1-2-4-6-5-3-1/h1-10H;1-4H. The molecule has 0 spiro atoms. The molecule has 20 heavy (non-hydrogen) atoms. The van der Waals surface area contributed by atoms with Gasteiger partial charge >= 0.3 is 36.2 Å². The predicted octanol–water partition coefficient (Wildman–Crippen LogP) is 4.41. The Kier molecular flexibility index (Phi) is 3.84. The molecule has 2 heteroatoms. The molecule has 4 rings (SSSR count). The number of hydrogen-bond acceptors (Lipinski definition) is 1. The minimum Gasteiger partial charge on any atom is -0.0616 e. The van der Waals surface area contributed by atoms with Crippen molar-refractivity contribution >= 4 is 28.6 Å². The zero-order valence-corrected chi connectivity index (χ0v) is 11.1. The van der Waals surface area contributed by atoms with Gasteiger partial charge in [-0.1, -0.05) is 48.5 Å². The molecule has 4 aromatic rings. The van der Waals surface area contributed by atoms with Crippen LogP contribution in [0.25, 0.3) is 21.5 Å². The van der Waals surface area contributed by atoms with Gasteiger partial charge in [0.05, 0.1) is 0 Å². The van der Waals surface area contributed by atoms with E-state index in [0.717, 1.165) is 0 Å². The van der Waals surface area contributed by atoms with Gasteiger partial charge in [-0.25, -0.2) is 0 Å². The first kappa shape index (κ1) is 12.6. The van der Waals surface area contributed by atoms with E-state index in [1.165, 1.54) is 21.5 Å². The quantitative estimate of drug-likeness (QED) is 0.424. The molecule has 0 saturated carbocycles. The number of nitrogens with zero attached hydrogens (tertiary/aromatic N) is 1. The van der Waals surface area contributed by atoms with E-state index in [-0.39, 0.29) is 0 Å². The number of rotatable bonds is 0. The second-order valence-electron chi connectivity index (χ2n) is 4.57. The Labute approximate surface area is 119 Å². The molecule has 1 heterocycles. The number of hydrogen-bond donors (Lipinski definition) is 0. The summed E-state index contributed by atoms with van der Waals surface area (Å²) in [5.74, 6) is 1.89. The van der Waals surface area contributed by atoms with Crippen LogP contribution in [0.4, 0.5) is 0 Å². The van der Waals surface area contributed by atoms with Crippen molar-refractivity contribution in [3.05, 3.63) is 85.0 Å². The van der Waals surface area contributed by atoms with Crippen LogP contribution in [0.3, 0.4) is 0 Å². The molecule has 0 bridgehead atoms. The molecule has 3 aromatic carbocycles. The molecule has 0 fully saturated rings. The molecule has 0 saturated heterocycles. The van der Waals surface area contributed by atoms with E-state index in [2.05, 4.69) is 65.6 Å². The minimum absolute atomic E-state index is 1.31. The van der Waals surface area contributed by atoms with E-state index in [1.807, 2.05) is 18.1 Å². The Morgan fingerprint density at radius 1 is 0.600 bits per heavy atom. The van der Waals surface area contributed by atoms with E-state index < -0.39 is 0 Å². The number of fused-ring (bicyclic) bond motifs is 2. The van der Waals surface area contributed by atoms with Gasteiger partial charge in [-0.2, -0.15) is 0 Å². The van der Waals surface area contributed by atoms with Gasteiger partial charge in [-0.05, 0) is 33.7 Å². The van der Waals surface area contributed by atoms with E-state index in [0.29, 0.717) is 0 Å². The SMILES string of the molecule is b1ccccn1.c1ccc2cc3ccccc3cc2c1. The molecule has 1 nitrogen and oxygen atoms in total. The third kappa shape index (κ3) is 2.91. The van der Waals surface area contributed by atoms with Crippen molar-refractivity contribution in [1.29, 1.82) is 0 Å². The zero-order valence-electron chi connectivity index (χ0n) is 11.1. The van der Waals surface area contributed by atoms with Crippen LogP contribution < -0.4 is 0 Å². The third-order valence-electron chi connectivity index (χ3n) is 3.18. The second-order valence-corrected chi connectivity index (χ2v) is 4.57. The Hall–Kier alpha value is -2.48. The summed E-state index contributed by atoms with van der Waals surface area (Å²) < 4.78 is 0. The normalized spacial score (nSPS) is 9.80. The molecule has 0 amide bonds. The molecule has 0 radical (unpaired) electrons. The summed E-state index contributed by atoms with van der Waals surface area (Å²) >= 11 is 0. The van der Waals surface area contributed by atoms with Crippen molar-refractivity contribution in [2.45, 2.75) is 0 Å². The summed E-state index contributed by atoms with van der Waals surface area (Å²) in [6.07, 6.45) is 1.75. The first-order valence-corrected chi connectivity index (χ1v) is 6.66. The first-order chi connectivity index (χ1) is 9.93. The van der Waals surface area contributed by atoms with Crippen LogP contribution in [0, 0.1) is 0 Å². The maximum absolute atomic E-state index is 3.78. The van der Waals surface area contributed by atoms with Gasteiger partial charge in [0, 0.05) is 0 Å². The van der Waals surface area contributed by atoms with Gasteiger partial charge in [0.15, 0.2) is 0 Å². The summed E-state index contributed by atoms with van der Waals surface area (Å²) in [7, 11) is 1.75. The largest absolute Gasteiger partial charge is 0.0616 e. The van der Waals surface area contributed by atoms with Crippen LogP contribution >= 0.6 is 0 Å². The average molecular weight is 255 g/mol. The fraction of sp³-hybridized carbons (Fsp3) is 0.